The first-order valence-electron chi connectivity index (χ1n) is 7.95. The number of thiazole rings is 1. The molecule has 0 aromatic carbocycles. The molecule has 0 spiro atoms. The summed E-state index contributed by atoms with van der Waals surface area (Å²) in [5, 5.41) is 10.2. The molecule has 4 rings (SSSR count). The van der Waals surface area contributed by atoms with Gasteiger partial charge in [-0.3, -0.25) is 4.79 Å². The Morgan fingerprint density at radius 2 is 2.30 bits per heavy atom. The second-order valence-corrected chi connectivity index (χ2v) is 6.93. The van der Waals surface area contributed by atoms with Crippen molar-refractivity contribution >= 4 is 17.2 Å². The van der Waals surface area contributed by atoms with E-state index in [1.807, 2.05) is 15.8 Å². The zero-order valence-electron chi connectivity index (χ0n) is 12.8. The maximum atomic E-state index is 12.3. The second-order valence-electron chi connectivity index (χ2n) is 6.22. The Kier molecular flexibility index (Phi) is 4.09. The zero-order chi connectivity index (χ0) is 15.6. The van der Waals surface area contributed by atoms with E-state index in [0.717, 1.165) is 31.2 Å². The van der Waals surface area contributed by atoms with E-state index in [1.165, 1.54) is 24.2 Å². The van der Waals surface area contributed by atoms with Gasteiger partial charge in [0.1, 0.15) is 11.4 Å². The summed E-state index contributed by atoms with van der Waals surface area (Å²) in [6.07, 6.45) is 5.41. The Morgan fingerprint density at radius 3 is 3.09 bits per heavy atom. The fourth-order valence-electron chi connectivity index (χ4n) is 2.80. The number of ether oxygens (including phenoxy) is 1. The normalized spacial score (nSPS) is 21.0. The van der Waals surface area contributed by atoms with Crippen LogP contribution >= 0.6 is 11.3 Å². The van der Waals surface area contributed by atoms with Gasteiger partial charge in [-0.2, -0.15) is 0 Å². The highest BCUT2D eigenvalue weighted by atomic mass is 32.1. The molecule has 3 heterocycles. The molecular weight excluding hydrogens is 314 g/mol. The molecule has 1 aliphatic carbocycles. The molecule has 23 heavy (non-hydrogen) atoms. The lowest BCUT2D eigenvalue weighted by Crippen LogP contribution is -2.29. The predicted octanol–water partition coefficient (Wildman–Crippen LogP) is 1.75. The average Bonchev–Trinajstić information content (AvgIpc) is 3.05. The predicted molar refractivity (Wildman–Crippen MR) is 84.1 cm³/mol. The molecule has 1 aliphatic heterocycles. The van der Waals surface area contributed by atoms with Crippen LogP contribution in [0, 0.1) is 5.92 Å². The van der Waals surface area contributed by atoms with Crippen LogP contribution in [-0.4, -0.2) is 50.5 Å². The van der Waals surface area contributed by atoms with Crippen LogP contribution in [-0.2, 0) is 11.3 Å². The molecule has 2 aromatic heterocycles. The first-order chi connectivity index (χ1) is 11.3. The monoisotopic (exact) mass is 333 g/mol. The van der Waals surface area contributed by atoms with Gasteiger partial charge in [0.25, 0.3) is 5.91 Å². The lowest BCUT2D eigenvalue weighted by Gasteiger charge is -2.14. The van der Waals surface area contributed by atoms with Gasteiger partial charge in [-0.1, -0.05) is 5.21 Å². The maximum absolute atomic E-state index is 12.3. The van der Waals surface area contributed by atoms with E-state index in [0.29, 0.717) is 18.8 Å². The van der Waals surface area contributed by atoms with Crippen LogP contribution < -0.4 is 0 Å². The van der Waals surface area contributed by atoms with Gasteiger partial charge in [-0.15, -0.1) is 16.4 Å². The Hall–Kier alpha value is -1.80. The Balaban J connectivity index is 1.32. The smallest absolute Gasteiger partial charge is 0.273 e. The summed E-state index contributed by atoms with van der Waals surface area (Å²) < 4.78 is 7.51. The molecule has 0 bridgehead atoms. The summed E-state index contributed by atoms with van der Waals surface area (Å²) in [6.45, 7) is 2.73. The van der Waals surface area contributed by atoms with Crippen molar-refractivity contribution in [2.75, 3.05) is 19.7 Å². The van der Waals surface area contributed by atoms with Gasteiger partial charge >= 0.3 is 0 Å². The third-order valence-electron chi connectivity index (χ3n) is 4.33. The van der Waals surface area contributed by atoms with Crippen molar-refractivity contribution in [1.82, 2.24) is 24.9 Å². The van der Waals surface area contributed by atoms with Crippen LogP contribution in [0.3, 0.4) is 0 Å². The molecule has 122 valence electrons. The standard InChI is InChI=1S/C15H19N5O2S/c21-15(14-9-23-10-16-14)19-4-3-13(6-19)20-5-12(17-18-20)8-22-7-11-1-2-11/h5,9-11,13H,1-4,6-8H2/t13-/m0/s1. The van der Waals surface area contributed by atoms with Gasteiger partial charge in [0, 0.05) is 25.1 Å². The third kappa shape index (κ3) is 3.42. The van der Waals surface area contributed by atoms with Crippen molar-refractivity contribution in [1.29, 1.82) is 0 Å². The van der Waals surface area contributed by atoms with E-state index in [9.17, 15) is 4.79 Å². The van der Waals surface area contributed by atoms with E-state index in [1.54, 1.807) is 10.9 Å². The molecule has 0 N–H and O–H groups in total. The van der Waals surface area contributed by atoms with Crippen molar-refractivity contribution in [2.24, 2.45) is 5.92 Å². The number of hydrogen-bond donors (Lipinski definition) is 0. The summed E-state index contributed by atoms with van der Waals surface area (Å²) in [7, 11) is 0. The molecule has 1 amide bonds. The van der Waals surface area contributed by atoms with Crippen molar-refractivity contribution in [3.05, 3.63) is 28.5 Å². The van der Waals surface area contributed by atoms with Crippen molar-refractivity contribution < 1.29 is 9.53 Å². The number of amides is 1. The number of carbonyl (C=O) groups excluding carboxylic acids is 1. The van der Waals surface area contributed by atoms with Gasteiger partial charge in [-0.05, 0) is 25.2 Å². The third-order valence-corrected chi connectivity index (χ3v) is 4.92. The molecule has 1 saturated heterocycles. The topological polar surface area (TPSA) is 73.1 Å². The van der Waals surface area contributed by atoms with Crippen LogP contribution in [0.15, 0.2) is 17.1 Å². The number of aromatic nitrogens is 4. The van der Waals surface area contributed by atoms with Crippen LogP contribution in [0.5, 0.6) is 0 Å². The summed E-state index contributed by atoms with van der Waals surface area (Å²) in [4.78, 5) is 18.2. The first kappa shape index (κ1) is 14.8. The van der Waals surface area contributed by atoms with Gasteiger partial charge < -0.3 is 9.64 Å². The van der Waals surface area contributed by atoms with Gasteiger partial charge in [0.05, 0.1) is 24.4 Å². The fourth-order valence-corrected chi connectivity index (χ4v) is 3.32. The van der Waals surface area contributed by atoms with Crippen molar-refractivity contribution in [3.8, 4) is 0 Å². The molecule has 2 aromatic rings. The van der Waals surface area contributed by atoms with E-state index in [-0.39, 0.29) is 11.9 Å². The SMILES string of the molecule is O=C(c1cscn1)N1CC[C@H](n2cc(COCC3CC3)nn2)C1. The Labute approximate surface area is 138 Å². The van der Waals surface area contributed by atoms with Crippen LogP contribution in [0.1, 0.15) is 41.5 Å². The van der Waals surface area contributed by atoms with E-state index in [2.05, 4.69) is 15.3 Å². The van der Waals surface area contributed by atoms with E-state index >= 15 is 0 Å². The number of nitrogens with zero attached hydrogens (tertiary/aromatic N) is 5. The molecule has 7 nitrogen and oxygen atoms in total. The highest BCUT2D eigenvalue weighted by molar-refractivity contribution is 7.07. The van der Waals surface area contributed by atoms with Gasteiger partial charge in [0.15, 0.2) is 0 Å². The quantitative estimate of drug-likeness (QED) is 0.805. The Bertz CT molecular complexity index is 667. The summed E-state index contributed by atoms with van der Waals surface area (Å²) in [5.74, 6) is 0.756. The maximum Gasteiger partial charge on any atom is 0.273 e. The molecule has 2 aliphatic rings. The van der Waals surface area contributed by atoms with Crippen LogP contribution in [0.25, 0.3) is 0 Å². The van der Waals surface area contributed by atoms with Crippen LogP contribution in [0.4, 0.5) is 0 Å². The molecule has 0 unspecified atom stereocenters. The van der Waals surface area contributed by atoms with Crippen molar-refractivity contribution in [3.63, 3.8) is 0 Å². The molecule has 1 atom stereocenters. The zero-order valence-corrected chi connectivity index (χ0v) is 13.6. The average molecular weight is 333 g/mol. The lowest BCUT2D eigenvalue weighted by molar-refractivity contribution is 0.0782. The van der Waals surface area contributed by atoms with Gasteiger partial charge in [0.2, 0.25) is 0 Å². The van der Waals surface area contributed by atoms with Gasteiger partial charge in [-0.25, -0.2) is 9.67 Å². The fraction of sp³-hybridized carbons (Fsp3) is 0.600. The number of carbonyl (C=O) groups is 1. The van der Waals surface area contributed by atoms with E-state index in [4.69, 9.17) is 4.74 Å². The minimum absolute atomic E-state index is 0.00172. The van der Waals surface area contributed by atoms with Crippen molar-refractivity contribution in [2.45, 2.75) is 31.9 Å². The second kappa shape index (κ2) is 6.37. The molecule has 8 heteroatoms. The Morgan fingerprint density at radius 1 is 1.39 bits per heavy atom. The summed E-state index contributed by atoms with van der Waals surface area (Å²) in [5.41, 5.74) is 3.07. The largest absolute Gasteiger partial charge is 0.375 e. The number of hydrogen-bond acceptors (Lipinski definition) is 6. The number of rotatable bonds is 6. The summed E-state index contributed by atoms with van der Waals surface area (Å²) in [6, 6.07) is 0.183. The molecular formula is C15H19N5O2S. The minimum atomic E-state index is 0.00172. The van der Waals surface area contributed by atoms with Crippen LogP contribution in [0.2, 0.25) is 0 Å². The summed E-state index contributed by atoms with van der Waals surface area (Å²) >= 11 is 1.44. The molecule has 1 saturated carbocycles. The first-order valence-corrected chi connectivity index (χ1v) is 8.90. The highest BCUT2D eigenvalue weighted by Gasteiger charge is 2.29. The van der Waals surface area contributed by atoms with E-state index < -0.39 is 0 Å². The minimum Gasteiger partial charge on any atom is -0.375 e. The number of likely N-dealkylation sites (tertiary alicyclic amines) is 1. The lowest BCUT2D eigenvalue weighted by atomic mass is 10.3. The molecule has 2 fully saturated rings. The highest BCUT2D eigenvalue weighted by Crippen LogP contribution is 2.29. The molecule has 0 radical (unpaired) electrons.